The molecule has 10 nitrogen and oxygen atoms in total. The molecule has 156 valence electrons. The Kier molecular flexibility index (Phi) is 9.05. The molecule has 2 amide bonds. The molecular formula is C17H30N2O8. The van der Waals surface area contributed by atoms with Crippen molar-refractivity contribution >= 4 is 24.1 Å². The zero-order valence-electron chi connectivity index (χ0n) is 17.1. The maximum atomic E-state index is 11.7. The van der Waals surface area contributed by atoms with Crippen molar-refractivity contribution in [3.63, 3.8) is 0 Å². The fourth-order valence-electron chi connectivity index (χ4n) is 1.60. The van der Waals surface area contributed by atoms with Crippen LogP contribution in [0.2, 0.25) is 0 Å². The smallest absolute Gasteiger partial charge is 0.410 e. The number of hydrogen-bond acceptors (Lipinski definition) is 8. The van der Waals surface area contributed by atoms with Gasteiger partial charge in [0.05, 0.1) is 0 Å². The Labute approximate surface area is 159 Å². The standard InChI is InChI=1S/C17H30N2O8/c1-10(18-14(22)26-16(3,4)5)24-12(20)9-13(21)25-11(2)19-15(23)27-17(6,7)8/h10-11H,9H2,1-8H3,(H,18,22)(H,19,23). The summed E-state index contributed by atoms with van der Waals surface area (Å²) in [4.78, 5) is 46.5. The summed E-state index contributed by atoms with van der Waals surface area (Å²) in [6.45, 7) is 12.9. The fraction of sp³-hybridized carbons (Fsp3) is 0.765. The number of nitrogens with one attached hydrogen (secondary N) is 2. The van der Waals surface area contributed by atoms with Crippen LogP contribution in [0.3, 0.4) is 0 Å². The van der Waals surface area contributed by atoms with Gasteiger partial charge < -0.3 is 18.9 Å². The molecule has 0 rings (SSSR count). The molecule has 2 unspecified atom stereocenters. The van der Waals surface area contributed by atoms with E-state index in [9.17, 15) is 19.2 Å². The van der Waals surface area contributed by atoms with E-state index in [-0.39, 0.29) is 0 Å². The summed E-state index contributed by atoms with van der Waals surface area (Å²) in [7, 11) is 0. The van der Waals surface area contributed by atoms with Gasteiger partial charge >= 0.3 is 24.1 Å². The summed E-state index contributed by atoms with van der Waals surface area (Å²) in [5.74, 6) is -1.82. The third-order valence-electron chi connectivity index (χ3n) is 2.35. The van der Waals surface area contributed by atoms with Crippen LogP contribution in [0.1, 0.15) is 61.8 Å². The van der Waals surface area contributed by atoms with Crippen molar-refractivity contribution in [2.75, 3.05) is 0 Å². The molecule has 0 saturated carbocycles. The molecule has 10 heteroatoms. The van der Waals surface area contributed by atoms with Crippen LogP contribution in [0.5, 0.6) is 0 Å². The van der Waals surface area contributed by atoms with E-state index in [2.05, 4.69) is 10.6 Å². The van der Waals surface area contributed by atoms with Crippen LogP contribution in [0.25, 0.3) is 0 Å². The Hall–Kier alpha value is -2.52. The van der Waals surface area contributed by atoms with Crippen molar-refractivity contribution < 1.29 is 38.1 Å². The van der Waals surface area contributed by atoms with Crippen LogP contribution >= 0.6 is 0 Å². The molecule has 0 aliphatic heterocycles. The van der Waals surface area contributed by atoms with E-state index >= 15 is 0 Å². The molecule has 0 bridgehead atoms. The number of alkyl carbamates (subject to hydrolysis) is 2. The van der Waals surface area contributed by atoms with E-state index in [1.54, 1.807) is 41.5 Å². The molecule has 0 aliphatic rings. The van der Waals surface area contributed by atoms with E-state index in [1.165, 1.54) is 13.8 Å². The maximum Gasteiger partial charge on any atom is 0.410 e. The Morgan fingerprint density at radius 2 is 1.00 bits per heavy atom. The van der Waals surface area contributed by atoms with Gasteiger partial charge in [0.1, 0.15) is 17.6 Å². The van der Waals surface area contributed by atoms with Gasteiger partial charge in [0.2, 0.25) is 0 Å². The predicted octanol–water partition coefficient (Wildman–Crippen LogP) is 2.20. The largest absolute Gasteiger partial charge is 0.444 e. The van der Waals surface area contributed by atoms with Crippen molar-refractivity contribution in [2.24, 2.45) is 0 Å². The second kappa shape index (κ2) is 9.98. The van der Waals surface area contributed by atoms with Gasteiger partial charge in [0.15, 0.2) is 12.5 Å². The van der Waals surface area contributed by atoms with Crippen molar-refractivity contribution in [1.82, 2.24) is 10.6 Å². The number of esters is 2. The molecule has 0 saturated heterocycles. The monoisotopic (exact) mass is 390 g/mol. The second-order valence-electron chi connectivity index (χ2n) is 7.73. The van der Waals surface area contributed by atoms with E-state index in [4.69, 9.17) is 18.9 Å². The summed E-state index contributed by atoms with van der Waals surface area (Å²) >= 11 is 0. The number of carbonyl (C=O) groups excluding carboxylic acids is 4. The van der Waals surface area contributed by atoms with Gasteiger partial charge in [-0.25, -0.2) is 9.59 Å². The first-order valence-electron chi connectivity index (χ1n) is 8.45. The molecular weight excluding hydrogens is 360 g/mol. The van der Waals surface area contributed by atoms with Crippen LogP contribution < -0.4 is 10.6 Å². The highest BCUT2D eigenvalue weighted by molar-refractivity contribution is 5.91. The van der Waals surface area contributed by atoms with Crippen molar-refractivity contribution in [3.8, 4) is 0 Å². The van der Waals surface area contributed by atoms with Gasteiger partial charge in [-0.2, -0.15) is 0 Å². The summed E-state index contributed by atoms with van der Waals surface area (Å²) < 4.78 is 19.8. The lowest BCUT2D eigenvalue weighted by atomic mass is 10.2. The number of hydrogen-bond donors (Lipinski definition) is 2. The van der Waals surface area contributed by atoms with E-state index in [0.29, 0.717) is 0 Å². The van der Waals surface area contributed by atoms with Crippen LogP contribution in [-0.2, 0) is 28.5 Å². The van der Waals surface area contributed by atoms with Crippen molar-refractivity contribution in [3.05, 3.63) is 0 Å². The zero-order valence-corrected chi connectivity index (χ0v) is 17.1. The molecule has 0 spiro atoms. The highest BCUT2D eigenvalue weighted by atomic mass is 16.6. The highest BCUT2D eigenvalue weighted by Gasteiger charge is 2.22. The maximum absolute atomic E-state index is 11.7. The third kappa shape index (κ3) is 14.3. The first-order valence-corrected chi connectivity index (χ1v) is 8.45. The Balaban J connectivity index is 4.25. The first-order chi connectivity index (χ1) is 12.1. The molecule has 0 heterocycles. The molecule has 2 atom stereocenters. The Bertz CT molecular complexity index is 500. The average Bonchev–Trinajstić information content (AvgIpc) is 2.31. The van der Waals surface area contributed by atoms with Gasteiger partial charge in [-0.15, -0.1) is 0 Å². The van der Waals surface area contributed by atoms with Gasteiger partial charge in [-0.05, 0) is 55.4 Å². The molecule has 0 aliphatic carbocycles. The minimum atomic E-state index is -1.00. The lowest BCUT2D eigenvalue weighted by molar-refractivity contribution is -0.160. The minimum Gasteiger partial charge on any atom is -0.444 e. The lowest BCUT2D eigenvalue weighted by Crippen LogP contribution is -2.41. The zero-order chi connectivity index (χ0) is 21.4. The SMILES string of the molecule is CC(NC(=O)OC(C)(C)C)OC(=O)CC(=O)OC(C)NC(=O)OC(C)(C)C. The predicted molar refractivity (Wildman–Crippen MR) is 94.5 cm³/mol. The highest BCUT2D eigenvalue weighted by Crippen LogP contribution is 2.08. The average molecular weight is 390 g/mol. The molecule has 0 aromatic carbocycles. The number of rotatable bonds is 6. The van der Waals surface area contributed by atoms with Gasteiger partial charge in [-0.1, -0.05) is 0 Å². The molecule has 0 aromatic heterocycles. The quantitative estimate of drug-likeness (QED) is 0.306. The van der Waals surface area contributed by atoms with Crippen LogP contribution in [0.4, 0.5) is 9.59 Å². The normalized spacial score (nSPS) is 13.6. The molecule has 0 aromatic rings. The molecule has 2 N–H and O–H groups in total. The van der Waals surface area contributed by atoms with Crippen molar-refractivity contribution in [2.45, 2.75) is 85.5 Å². The van der Waals surface area contributed by atoms with Crippen molar-refractivity contribution in [1.29, 1.82) is 0 Å². The van der Waals surface area contributed by atoms with Gasteiger partial charge in [-0.3, -0.25) is 20.2 Å². The fourth-order valence-corrected chi connectivity index (χ4v) is 1.60. The Morgan fingerprint density at radius 1 is 0.704 bits per heavy atom. The van der Waals surface area contributed by atoms with E-state index < -0.39 is 54.2 Å². The Morgan fingerprint density at radius 3 is 1.26 bits per heavy atom. The van der Waals surface area contributed by atoms with Crippen LogP contribution in [-0.4, -0.2) is 47.8 Å². The van der Waals surface area contributed by atoms with E-state index in [0.717, 1.165) is 0 Å². The number of amides is 2. The third-order valence-corrected chi connectivity index (χ3v) is 2.35. The molecule has 0 fully saturated rings. The molecule has 0 radical (unpaired) electrons. The number of carbonyl (C=O) groups is 4. The lowest BCUT2D eigenvalue weighted by Gasteiger charge is -2.22. The van der Waals surface area contributed by atoms with Gasteiger partial charge in [0.25, 0.3) is 0 Å². The minimum absolute atomic E-state index is 0.694. The number of ether oxygens (including phenoxy) is 4. The summed E-state index contributed by atoms with van der Waals surface area (Å²) in [6, 6.07) is 0. The summed E-state index contributed by atoms with van der Waals surface area (Å²) in [5, 5.41) is 4.60. The van der Waals surface area contributed by atoms with Gasteiger partial charge in [0, 0.05) is 0 Å². The van der Waals surface area contributed by atoms with E-state index in [1.807, 2.05) is 0 Å². The van der Waals surface area contributed by atoms with Crippen LogP contribution in [0, 0.1) is 0 Å². The summed E-state index contributed by atoms with van der Waals surface area (Å²) in [5.41, 5.74) is -1.40. The first kappa shape index (κ1) is 24.5. The van der Waals surface area contributed by atoms with Crippen LogP contribution in [0.15, 0.2) is 0 Å². The topological polar surface area (TPSA) is 129 Å². The summed E-state index contributed by atoms with van der Waals surface area (Å²) in [6.07, 6.45) is -4.23. The molecule has 27 heavy (non-hydrogen) atoms. The second-order valence-corrected chi connectivity index (χ2v) is 7.73.